The lowest BCUT2D eigenvalue weighted by atomic mass is 9.56. The van der Waals surface area contributed by atoms with Crippen LogP contribution in [-0.4, -0.2) is 5.97 Å². The van der Waals surface area contributed by atoms with E-state index in [0.29, 0.717) is 0 Å². The van der Waals surface area contributed by atoms with Crippen LogP contribution in [0, 0.1) is 0 Å². The van der Waals surface area contributed by atoms with Crippen molar-refractivity contribution in [3.8, 4) is 0 Å². The molecule has 0 saturated heterocycles. The van der Waals surface area contributed by atoms with Crippen LogP contribution in [0.5, 0.6) is 0 Å². The summed E-state index contributed by atoms with van der Waals surface area (Å²) in [4.78, 5) is 16.1. The highest BCUT2D eigenvalue weighted by molar-refractivity contribution is 6.81. The second-order valence-electron chi connectivity index (χ2n) is 27.1. The van der Waals surface area contributed by atoms with E-state index in [4.69, 9.17) is 4.74 Å². The van der Waals surface area contributed by atoms with Crippen molar-refractivity contribution in [2.24, 2.45) is 0 Å². The van der Waals surface area contributed by atoms with Gasteiger partial charge in [-0.15, -0.1) is 0 Å². The van der Waals surface area contributed by atoms with E-state index in [-0.39, 0.29) is 12.4 Å². The molecule has 0 N–H and O–H groups in total. The van der Waals surface area contributed by atoms with Gasteiger partial charge in [0.1, 0.15) is 0 Å². The maximum Gasteiger partial charge on any atom is 0.311 e. The van der Waals surface area contributed by atoms with Gasteiger partial charge in [-0.05, 0) is 309 Å². The van der Waals surface area contributed by atoms with Crippen LogP contribution in [-0.2, 0) is 33.4 Å². The molecule has 0 saturated carbocycles. The molecule has 0 heterocycles. The normalized spacial score (nSPS) is 20.7. The van der Waals surface area contributed by atoms with Gasteiger partial charge in [-0.3, -0.25) is 4.79 Å². The standard InChI is InChI=1S/C75H14O2/c76-15(11-13-7-3-1-4-8-13)77-75-69-61-52-45-32-25-19-18-20-16-17-21(19)30(32)36-34-23(17)26-22(16)33-35-29(20)31-24(18)27-28(25)39-46-38(27)47-44(31)51-49(35)53-40(33)42-37(26)43-41(34)54(50(36)52)65(69)67-56(43)55(42)66-64(53)68-60(51)57(47)62-59(46)63(58(61)48(39)45)72(75)70(62)74(68,71(66)73(67)75)12-14-9-5-2-6-10-14/h1-10H,11-12H2. The van der Waals surface area contributed by atoms with Crippen molar-refractivity contribution < 1.29 is 9.53 Å². The Kier molecular flexibility index (Phi) is 2.81. The van der Waals surface area contributed by atoms with Gasteiger partial charge in [0.05, 0.1) is 11.8 Å². The second-order valence-corrected chi connectivity index (χ2v) is 27.1. The van der Waals surface area contributed by atoms with Crippen LogP contribution in [0.25, 0.3) is 280 Å². The highest BCUT2D eigenvalue weighted by Crippen LogP contribution is 2.84. The zero-order chi connectivity index (χ0) is 46.4. The first-order valence-corrected chi connectivity index (χ1v) is 28.3. The van der Waals surface area contributed by atoms with Crippen molar-refractivity contribution in [1.29, 1.82) is 0 Å². The summed E-state index contributed by atoms with van der Waals surface area (Å²) in [5, 5.41) is 80.8. The molecule has 0 aliphatic heterocycles. The van der Waals surface area contributed by atoms with Crippen LogP contribution >= 0.6 is 0 Å². The Bertz CT molecular complexity index is 7860. The molecule has 0 bridgehead atoms. The minimum absolute atomic E-state index is 0.117. The van der Waals surface area contributed by atoms with Crippen LogP contribution < -0.4 is 0 Å². The van der Waals surface area contributed by atoms with E-state index in [1.54, 1.807) is 194 Å². The third-order valence-electron chi connectivity index (χ3n) is 26.1. The molecule has 0 fully saturated rings. The van der Waals surface area contributed by atoms with E-state index >= 15 is 4.79 Å². The molecule has 2 atom stereocenters. The Morgan fingerprint density at radius 1 is 0.247 bits per heavy atom. The van der Waals surface area contributed by atoms with Crippen molar-refractivity contribution in [2.45, 2.75) is 23.9 Å². The first-order valence-electron chi connectivity index (χ1n) is 28.3. The van der Waals surface area contributed by atoms with Gasteiger partial charge in [-0.25, -0.2) is 0 Å². The molecular weight excluding hydrogens is 933 g/mol. The molecule has 5 aliphatic carbocycles. The molecule has 0 amide bonds. The molecule has 0 spiro atoms. The van der Waals surface area contributed by atoms with Crippen molar-refractivity contribution in [3.05, 3.63) is 105 Å². The number of ether oxygens (including phenoxy) is 1. The summed E-state index contributed by atoms with van der Waals surface area (Å²) in [5.74, 6) is -0.117. The average Bonchev–Trinajstić information content (AvgIpc) is 2.30. The third-order valence-corrected chi connectivity index (χ3v) is 26.1. The van der Waals surface area contributed by atoms with Crippen molar-refractivity contribution in [1.82, 2.24) is 0 Å². The number of carbonyl (C=O) groups excluding carboxylic acids is 1. The fourth-order valence-corrected chi connectivity index (χ4v) is 25.6. The van der Waals surface area contributed by atoms with E-state index in [9.17, 15) is 0 Å². The first-order chi connectivity index (χ1) is 38.3. The van der Waals surface area contributed by atoms with Crippen molar-refractivity contribution >= 4 is 286 Å². The molecule has 2 unspecified atom stereocenters. The predicted octanol–water partition coefficient (Wildman–Crippen LogP) is 19.0. The molecule has 34 rings (SSSR count). The van der Waals surface area contributed by atoms with E-state index in [1.807, 2.05) is 0 Å². The molecule has 29 aromatic rings. The maximum absolute atomic E-state index is 16.1. The summed E-state index contributed by atoms with van der Waals surface area (Å²) >= 11 is 0. The Hall–Kier alpha value is -9.63. The summed E-state index contributed by atoms with van der Waals surface area (Å²) in [6, 6.07) is 22.2. The van der Waals surface area contributed by atoms with Gasteiger partial charge < -0.3 is 4.74 Å². The van der Waals surface area contributed by atoms with Crippen LogP contribution in [0.3, 0.4) is 0 Å². The summed E-state index contributed by atoms with van der Waals surface area (Å²) in [5.41, 5.74) is 9.41. The molecule has 2 nitrogen and oxygen atoms in total. The third kappa shape index (κ3) is 1.79. The van der Waals surface area contributed by atoms with Crippen LogP contribution in [0.2, 0.25) is 0 Å². The van der Waals surface area contributed by atoms with Gasteiger partial charge in [-0.1, -0.05) is 60.7 Å². The van der Waals surface area contributed by atoms with Crippen molar-refractivity contribution in [3.63, 3.8) is 0 Å². The van der Waals surface area contributed by atoms with Gasteiger partial charge in [-0.2, -0.15) is 0 Å². The summed E-state index contributed by atoms with van der Waals surface area (Å²) < 4.78 is 8.22. The lowest BCUT2D eigenvalue weighted by Crippen LogP contribution is -2.46. The van der Waals surface area contributed by atoms with Gasteiger partial charge >= 0.3 is 5.97 Å². The summed E-state index contributed by atoms with van der Waals surface area (Å²) in [6.45, 7) is 0. The fourth-order valence-electron chi connectivity index (χ4n) is 25.6. The minimum atomic E-state index is -1.13. The number of rotatable bonds is 5. The SMILES string of the molecule is O=C(Cc1ccccc1)OC12c3c4c5c6c7c8c9c%10c(c1c1c%11c2c2c%12c3c5c3c5c6c6c7c7c9c9c%13c%10c1c1c%10c%11c%11c2c2c%12c3c3c5c5c6c6c7c9c7c(c%131)c1c%10c%11c9c2c3c2c9c1c7c6c52)C48Cc1ccccc1. The molecular formula is C75H14O2. The quantitative estimate of drug-likeness (QED) is 0.127. The zero-order valence-electron chi connectivity index (χ0n) is 39.5. The Morgan fingerprint density at radius 2 is 0.468 bits per heavy atom. The van der Waals surface area contributed by atoms with Gasteiger partial charge in [0.2, 0.25) is 0 Å². The molecule has 29 aromatic carbocycles. The van der Waals surface area contributed by atoms with Crippen LogP contribution in [0.1, 0.15) is 44.5 Å². The van der Waals surface area contributed by atoms with Gasteiger partial charge in [0.15, 0.2) is 5.60 Å². The van der Waals surface area contributed by atoms with Crippen molar-refractivity contribution in [2.75, 3.05) is 0 Å². The number of hydrogen-bond acceptors (Lipinski definition) is 2. The number of hydrogen-bond donors (Lipinski definition) is 0. The molecule has 0 aromatic heterocycles. The summed E-state index contributed by atoms with van der Waals surface area (Å²) in [6.07, 6.45) is 1.11. The monoisotopic (exact) mass is 946 g/mol. The van der Waals surface area contributed by atoms with Gasteiger partial charge in [0.25, 0.3) is 0 Å². The van der Waals surface area contributed by atoms with Crippen LogP contribution in [0.15, 0.2) is 60.7 Å². The number of carbonyl (C=O) groups is 1. The molecule has 326 valence electrons. The fraction of sp³-hybridized carbons (Fsp3) is 0.0533. The molecule has 5 aliphatic rings. The topological polar surface area (TPSA) is 26.3 Å². The average molecular weight is 947 g/mol. The Morgan fingerprint density at radius 3 is 0.818 bits per heavy atom. The van der Waals surface area contributed by atoms with E-state index in [1.165, 1.54) is 125 Å². The van der Waals surface area contributed by atoms with Gasteiger partial charge in [0, 0.05) is 22.1 Å². The molecule has 77 heavy (non-hydrogen) atoms. The van der Waals surface area contributed by atoms with E-state index in [0.717, 1.165) is 12.0 Å². The number of benzene rings is 19. The van der Waals surface area contributed by atoms with E-state index in [2.05, 4.69) is 60.7 Å². The molecule has 0 radical (unpaired) electrons. The maximum atomic E-state index is 16.1. The zero-order valence-corrected chi connectivity index (χ0v) is 39.5. The lowest BCUT2D eigenvalue weighted by molar-refractivity contribution is -0.152. The predicted molar refractivity (Wildman–Crippen MR) is 319 cm³/mol. The Balaban J connectivity index is 1.08. The molecule has 2 heteroatoms. The Labute approximate surface area is 422 Å². The largest absolute Gasteiger partial charge is 0.444 e. The van der Waals surface area contributed by atoms with E-state index < -0.39 is 11.0 Å². The highest BCUT2D eigenvalue weighted by Gasteiger charge is 2.68. The number of esters is 1. The first kappa shape index (κ1) is 30.1. The smallest absolute Gasteiger partial charge is 0.311 e. The lowest BCUT2D eigenvalue weighted by Gasteiger charge is -2.48. The highest BCUT2D eigenvalue weighted by atomic mass is 16.6. The second kappa shape index (κ2) is 7.21. The summed E-state index contributed by atoms with van der Waals surface area (Å²) in [7, 11) is 0. The van der Waals surface area contributed by atoms with Crippen LogP contribution in [0.4, 0.5) is 0 Å². The minimum Gasteiger partial charge on any atom is -0.444 e.